The van der Waals surface area contributed by atoms with Crippen molar-refractivity contribution < 1.29 is 4.74 Å². The van der Waals surface area contributed by atoms with Crippen LogP contribution in [0.5, 0.6) is 0 Å². The highest BCUT2D eigenvalue weighted by molar-refractivity contribution is 6.21. The van der Waals surface area contributed by atoms with Gasteiger partial charge in [-0.1, -0.05) is 6.07 Å². The zero-order valence-electron chi connectivity index (χ0n) is 9.87. The highest BCUT2D eigenvalue weighted by Crippen LogP contribution is 2.33. The number of halogens is 1. The first-order valence-corrected chi connectivity index (χ1v) is 6.24. The molecule has 1 aliphatic rings. The Bertz CT molecular complexity index is 361. The standard InChI is InChI=1S/C13H18ClNO/c1-10-5-3-7-15-11(10)9-12(14)13(2)6-4-8-16-13/h3,5,7,12H,4,6,8-9H2,1-2H3. The summed E-state index contributed by atoms with van der Waals surface area (Å²) >= 11 is 6.47. The Balaban J connectivity index is 2.07. The van der Waals surface area contributed by atoms with E-state index in [-0.39, 0.29) is 11.0 Å². The van der Waals surface area contributed by atoms with Gasteiger partial charge in [0.15, 0.2) is 0 Å². The van der Waals surface area contributed by atoms with E-state index >= 15 is 0 Å². The average molecular weight is 240 g/mol. The molecule has 16 heavy (non-hydrogen) atoms. The molecule has 1 aromatic rings. The molecule has 0 amide bonds. The van der Waals surface area contributed by atoms with Crippen LogP contribution in [0.15, 0.2) is 18.3 Å². The van der Waals surface area contributed by atoms with Gasteiger partial charge >= 0.3 is 0 Å². The van der Waals surface area contributed by atoms with Crippen molar-refractivity contribution in [3.63, 3.8) is 0 Å². The number of alkyl halides is 1. The topological polar surface area (TPSA) is 22.1 Å². The predicted octanol–water partition coefficient (Wildman–Crippen LogP) is 3.11. The summed E-state index contributed by atoms with van der Waals surface area (Å²) in [4.78, 5) is 4.38. The van der Waals surface area contributed by atoms with Crippen LogP contribution in [0, 0.1) is 6.92 Å². The van der Waals surface area contributed by atoms with Gasteiger partial charge in [-0.25, -0.2) is 0 Å². The van der Waals surface area contributed by atoms with Crippen molar-refractivity contribution in [1.29, 1.82) is 0 Å². The van der Waals surface area contributed by atoms with Crippen LogP contribution in [0.4, 0.5) is 0 Å². The van der Waals surface area contributed by atoms with Crippen molar-refractivity contribution in [3.8, 4) is 0 Å². The normalized spacial score (nSPS) is 26.9. The summed E-state index contributed by atoms with van der Waals surface area (Å²) in [5, 5.41) is 0.00333. The number of rotatable bonds is 3. The Labute approximate surface area is 102 Å². The van der Waals surface area contributed by atoms with Gasteiger partial charge in [0.1, 0.15) is 0 Å². The van der Waals surface area contributed by atoms with Gasteiger partial charge in [0, 0.05) is 24.9 Å². The minimum atomic E-state index is -0.175. The maximum absolute atomic E-state index is 6.47. The van der Waals surface area contributed by atoms with Crippen LogP contribution in [0.2, 0.25) is 0 Å². The van der Waals surface area contributed by atoms with E-state index in [1.165, 1.54) is 5.56 Å². The molecule has 2 nitrogen and oxygen atoms in total. The quantitative estimate of drug-likeness (QED) is 0.757. The third-order valence-electron chi connectivity index (χ3n) is 3.40. The first-order chi connectivity index (χ1) is 7.62. The highest BCUT2D eigenvalue weighted by atomic mass is 35.5. The Morgan fingerprint density at radius 3 is 3.06 bits per heavy atom. The lowest BCUT2D eigenvalue weighted by molar-refractivity contribution is 0.0167. The van der Waals surface area contributed by atoms with E-state index in [4.69, 9.17) is 16.3 Å². The Kier molecular flexibility index (Phi) is 3.50. The van der Waals surface area contributed by atoms with Crippen molar-refractivity contribution in [1.82, 2.24) is 4.98 Å². The fraction of sp³-hybridized carbons (Fsp3) is 0.615. The van der Waals surface area contributed by atoms with Gasteiger partial charge in [0.25, 0.3) is 0 Å². The molecule has 88 valence electrons. The third-order valence-corrected chi connectivity index (χ3v) is 4.02. The summed E-state index contributed by atoms with van der Waals surface area (Å²) in [6, 6.07) is 4.03. The van der Waals surface area contributed by atoms with Crippen molar-refractivity contribution in [2.75, 3.05) is 6.61 Å². The summed E-state index contributed by atoms with van der Waals surface area (Å²) in [5.74, 6) is 0. The number of aromatic nitrogens is 1. The fourth-order valence-electron chi connectivity index (χ4n) is 2.17. The molecule has 2 heterocycles. The molecule has 1 aliphatic heterocycles. The van der Waals surface area contributed by atoms with Crippen LogP contribution in [-0.2, 0) is 11.2 Å². The number of hydrogen-bond donors (Lipinski definition) is 0. The molecule has 1 aromatic heterocycles. The molecule has 3 heteroatoms. The Hall–Kier alpha value is -0.600. The molecule has 0 radical (unpaired) electrons. The number of hydrogen-bond acceptors (Lipinski definition) is 2. The van der Waals surface area contributed by atoms with Gasteiger partial charge in [-0.3, -0.25) is 4.98 Å². The van der Waals surface area contributed by atoms with Gasteiger partial charge in [-0.05, 0) is 38.3 Å². The van der Waals surface area contributed by atoms with E-state index in [0.717, 1.165) is 31.6 Å². The Morgan fingerprint density at radius 1 is 1.62 bits per heavy atom. The van der Waals surface area contributed by atoms with Crippen LogP contribution in [-0.4, -0.2) is 22.6 Å². The molecule has 0 bridgehead atoms. The molecule has 0 saturated carbocycles. The highest BCUT2D eigenvalue weighted by Gasteiger charge is 2.37. The van der Waals surface area contributed by atoms with Crippen molar-refractivity contribution in [2.45, 2.75) is 44.1 Å². The molecule has 0 N–H and O–H groups in total. The summed E-state index contributed by atoms with van der Waals surface area (Å²) < 4.78 is 5.75. The van der Waals surface area contributed by atoms with E-state index in [1.54, 1.807) is 0 Å². The lowest BCUT2D eigenvalue weighted by atomic mass is 9.94. The molecule has 1 saturated heterocycles. The Morgan fingerprint density at radius 2 is 2.44 bits per heavy atom. The molecule has 2 unspecified atom stereocenters. The first-order valence-electron chi connectivity index (χ1n) is 5.80. The molecule has 0 aliphatic carbocycles. The van der Waals surface area contributed by atoms with E-state index in [2.05, 4.69) is 24.9 Å². The summed E-state index contributed by atoms with van der Waals surface area (Å²) in [6.45, 7) is 5.01. The lowest BCUT2D eigenvalue weighted by Crippen LogP contribution is -2.36. The van der Waals surface area contributed by atoms with Crippen molar-refractivity contribution in [3.05, 3.63) is 29.6 Å². The average Bonchev–Trinajstić information content (AvgIpc) is 2.70. The van der Waals surface area contributed by atoms with Crippen LogP contribution in [0.25, 0.3) is 0 Å². The van der Waals surface area contributed by atoms with Crippen LogP contribution >= 0.6 is 11.6 Å². The van der Waals surface area contributed by atoms with E-state index in [9.17, 15) is 0 Å². The summed E-state index contributed by atoms with van der Waals surface area (Å²) in [6.07, 6.45) is 4.77. The van der Waals surface area contributed by atoms with Gasteiger partial charge in [0.2, 0.25) is 0 Å². The van der Waals surface area contributed by atoms with Gasteiger partial charge < -0.3 is 4.74 Å². The number of ether oxygens (including phenoxy) is 1. The number of aryl methyl sites for hydroxylation is 1. The van der Waals surface area contributed by atoms with Gasteiger partial charge in [0.05, 0.1) is 11.0 Å². The maximum atomic E-state index is 6.47. The SMILES string of the molecule is Cc1cccnc1CC(Cl)C1(C)CCCO1. The van der Waals surface area contributed by atoms with Gasteiger partial charge in [-0.15, -0.1) is 11.6 Å². The second kappa shape index (κ2) is 4.72. The smallest absolute Gasteiger partial charge is 0.0822 e. The van der Waals surface area contributed by atoms with Crippen molar-refractivity contribution >= 4 is 11.6 Å². The minimum Gasteiger partial charge on any atom is -0.374 e. The first kappa shape index (κ1) is 11.9. The number of pyridine rings is 1. The van der Waals surface area contributed by atoms with E-state index in [0.29, 0.717) is 0 Å². The second-order valence-corrected chi connectivity index (χ2v) is 5.23. The van der Waals surface area contributed by atoms with Crippen LogP contribution < -0.4 is 0 Å². The molecule has 2 rings (SSSR count). The van der Waals surface area contributed by atoms with Crippen molar-refractivity contribution in [2.24, 2.45) is 0 Å². The predicted molar refractivity (Wildman–Crippen MR) is 65.9 cm³/mol. The largest absolute Gasteiger partial charge is 0.374 e. The van der Waals surface area contributed by atoms with Crippen LogP contribution in [0.3, 0.4) is 0 Å². The zero-order chi connectivity index (χ0) is 11.6. The van der Waals surface area contributed by atoms with E-state index < -0.39 is 0 Å². The molecule has 0 spiro atoms. The lowest BCUT2D eigenvalue weighted by Gasteiger charge is -2.28. The molecular weight excluding hydrogens is 222 g/mol. The summed E-state index contributed by atoms with van der Waals surface area (Å²) in [5.41, 5.74) is 2.11. The maximum Gasteiger partial charge on any atom is 0.0822 e. The monoisotopic (exact) mass is 239 g/mol. The van der Waals surface area contributed by atoms with Crippen LogP contribution in [0.1, 0.15) is 31.0 Å². The second-order valence-electron chi connectivity index (χ2n) is 4.70. The summed E-state index contributed by atoms with van der Waals surface area (Å²) in [7, 11) is 0. The fourth-order valence-corrected chi connectivity index (χ4v) is 2.48. The molecule has 1 fully saturated rings. The van der Waals surface area contributed by atoms with E-state index in [1.807, 2.05) is 12.3 Å². The number of nitrogens with zero attached hydrogens (tertiary/aromatic N) is 1. The molecule has 2 atom stereocenters. The molecular formula is C13H18ClNO. The zero-order valence-corrected chi connectivity index (χ0v) is 10.6. The molecule has 0 aromatic carbocycles. The minimum absolute atomic E-state index is 0.00333. The third kappa shape index (κ3) is 2.38. The van der Waals surface area contributed by atoms with Gasteiger partial charge in [-0.2, -0.15) is 0 Å².